The Bertz CT molecular complexity index is 992. The fraction of sp³-hybridized carbons (Fsp3) is 1.00. The molecule has 1 heteroatoms. The Morgan fingerprint density at radius 1 is 0.317 bits per heavy atom. The molecule has 8 fully saturated rings. The van der Waals surface area contributed by atoms with Crippen LogP contribution in [0.25, 0.3) is 0 Å². The Labute approximate surface area is 258 Å². The zero-order valence-corrected chi connectivity index (χ0v) is 30.8. The summed E-state index contributed by atoms with van der Waals surface area (Å²) in [5, 5.41) is 0. The van der Waals surface area contributed by atoms with Crippen LogP contribution in [0.4, 0.5) is 0 Å². The quantitative estimate of drug-likeness (QED) is 0.301. The summed E-state index contributed by atoms with van der Waals surface area (Å²) in [7, 11) is 0. The molecule has 0 aromatic carbocycles. The molecule has 16 atom stereocenters. The fourth-order valence-electron chi connectivity index (χ4n) is 17.4. The van der Waals surface area contributed by atoms with Crippen molar-refractivity contribution in [2.75, 3.05) is 0 Å². The third kappa shape index (κ3) is 2.59. The molecule has 8 bridgehead atoms. The zero-order valence-electron chi connectivity index (χ0n) is 29.5. The van der Waals surface area contributed by atoms with Crippen LogP contribution in [0.1, 0.15) is 160 Å². The molecule has 0 saturated heterocycles. The van der Waals surface area contributed by atoms with Crippen molar-refractivity contribution in [3.63, 3.8) is 0 Å². The third-order valence-electron chi connectivity index (χ3n) is 20.4. The second kappa shape index (κ2) is 7.73. The van der Waals surface area contributed by atoms with Crippen molar-refractivity contribution in [3.05, 3.63) is 0 Å². The Morgan fingerprint density at radius 3 is 0.659 bits per heavy atom. The fourth-order valence-corrected chi connectivity index (χ4v) is 35.7. The van der Waals surface area contributed by atoms with E-state index in [1.54, 1.807) is 77.0 Å². The topological polar surface area (TPSA) is 0 Å². The van der Waals surface area contributed by atoms with Crippen LogP contribution in [0.2, 0.25) is 17.1 Å². The van der Waals surface area contributed by atoms with Gasteiger partial charge in [0.2, 0.25) is 0 Å². The van der Waals surface area contributed by atoms with E-state index >= 15 is 0 Å². The van der Waals surface area contributed by atoms with Crippen LogP contribution in [-0.2, 0) is 13.1 Å². The van der Waals surface area contributed by atoms with Gasteiger partial charge in [-0.05, 0) is 0 Å². The maximum absolute atomic E-state index is 2.89. The second-order valence-corrected chi connectivity index (χ2v) is 27.5. The number of fused-ring (bicyclic) bond motifs is 8. The molecule has 8 aliphatic carbocycles. The summed E-state index contributed by atoms with van der Waals surface area (Å²) in [4.78, 5) is 0. The molecule has 0 radical (unpaired) electrons. The molecule has 0 nitrogen and oxygen atoms in total. The molecule has 8 aliphatic rings. The zero-order chi connectivity index (χ0) is 29.6. The van der Waals surface area contributed by atoms with Gasteiger partial charge in [0.05, 0.1) is 0 Å². The van der Waals surface area contributed by atoms with E-state index in [0.717, 1.165) is 47.3 Å². The van der Waals surface area contributed by atoms with Crippen LogP contribution in [0.5, 0.6) is 0 Å². The first-order chi connectivity index (χ1) is 18.9. The summed E-state index contributed by atoms with van der Waals surface area (Å²) in [6, 6.07) is 0. The molecule has 8 saturated carbocycles. The van der Waals surface area contributed by atoms with E-state index in [1.165, 1.54) is 0 Å². The first-order valence-electron chi connectivity index (χ1n) is 18.7. The molecule has 0 spiro atoms. The molecule has 0 N–H and O–H groups in total. The predicted molar refractivity (Wildman–Crippen MR) is 172 cm³/mol. The molecular weight excluding hydrogens is 532 g/mol. The summed E-state index contributed by atoms with van der Waals surface area (Å²) >= 11 is -2.43. The average molecular weight is 601 g/mol. The summed E-state index contributed by atoms with van der Waals surface area (Å²) < 4.78 is 2.73. The van der Waals surface area contributed by atoms with Crippen molar-refractivity contribution in [3.8, 4) is 0 Å². The van der Waals surface area contributed by atoms with Crippen molar-refractivity contribution >= 4 is 0 Å². The van der Waals surface area contributed by atoms with E-state index in [9.17, 15) is 0 Å². The summed E-state index contributed by atoms with van der Waals surface area (Å²) in [6.45, 7) is 33.8. The van der Waals surface area contributed by atoms with Crippen LogP contribution >= 0.6 is 0 Å². The van der Waals surface area contributed by atoms with E-state index in [0.29, 0.717) is 38.8 Å². The number of hydrogen-bond acceptors (Lipinski definition) is 0. The summed E-state index contributed by atoms with van der Waals surface area (Å²) in [5.74, 6) is 7.45. The van der Waals surface area contributed by atoms with Gasteiger partial charge in [-0.2, -0.15) is 0 Å². The van der Waals surface area contributed by atoms with Gasteiger partial charge < -0.3 is 0 Å². The Balaban J connectivity index is 1.54. The Morgan fingerprint density at radius 2 is 0.512 bits per heavy atom. The number of hydrogen-bond donors (Lipinski definition) is 0. The van der Waals surface area contributed by atoms with E-state index in [1.807, 2.05) is 0 Å². The minimum atomic E-state index is -2.43. The van der Waals surface area contributed by atoms with E-state index in [-0.39, 0.29) is 0 Å². The molecule has 0 aromatic rings. The van der Waals surface area contributed by atoms with Gasteiger partial charge in [0.25, 0.3) is 0 Å². The van der Waals surface area contributed by atoms with Crippen molar-refractivity contribution in [2.24, 2.45) is 69.0 Å². The van der Waals surface area contributed by atoms with Crippen molar-refractivity contribution in [1.29, 1.82) is 0 Å². The van der Waals surface area contributed by atoms with Gasteiger partial charge in [0.15, 0.2) is 0 Å². The summed E-state index contributed by atoms with van der Waals surface area (Å²) in [6.07, 6.45) is 19.3. The van der Waals surface area contributed by atoms with Gasteiger partial charge in [-0.15, -0.1) is 0 Å². The molecule has 0 aromatic heterocycles. The SMILES string of the molecule is CC1C(C)[C]2([Cr]([C]34CCC(C)(C3)C(C)C4C)([C]34CCC(C)(C3)C(C)C4C)[C]34CCC(C)(C3)C(C)C4C)CCC1(C)C2. The van der Waals surface area contributed by atoms with E-state index in [2.05, 4.69) is 83.1 Å². The van der Waals surface area contributed by atoms with Gasteiger partial charge in [-0.3, -0.25) is 0 Å². The molecule has 0 amide bonds. The minimum absolute atomic E-state index is 0.603. The van der Waals surface area contributed by atoms with Crippen molar-refractivity contribution in [1.82, 2.24) is 0 Å². The van der Waals surface area contributed by atoms with Crippen molar-refractivity contribution in [2.45, 2.75) is 177 Å². The van der Waals surface area contributed by atoms with Crippen molar-refractivity contribution < 1.29 is 13.1 Å². The van der Waals surface area contributed by atoms with Crippen LogP contribution in [0.3, 0.4) is 0 Å². The maximum atomic E-state index is 2.89. The van der Waals surface area contributed by atoms with Gasteiger partial charge in [0.1, 0.15) is 0 Å². The van der Waals surface area contributed by atoms with Crippen LogP contribution in [0.15, 0.2) is 0 Å². The van der Waals surface area contributed by atoms with Gasteiger partial charge in [-0.1, -0.05) is 0 Å². The monoisotopic (exact) mass is 600 g/mol. The third-order valence-corrected chi connectivity index (χ3v) is 32.6. The van der Waals surface area contributed by atoms with Gasteiger partial charge >= 0.3 is 259 Å². The molecule has 0 heterocycles. The normalized spacial score (nSPS) is 69.6. The predicted octanol–water partition coefficient (Wildman–Crippen LogP) is 12.7. The molecular formula is C40H68Cr. The Hall–Kier alpha value is 0.532. The first kappa shape index (κ1) is 29.0. The average Bonchev–Trinajstić information content (AvgIpc) is 3.77. The molecule has 8 rings (SSSR count). The van der Waals surface area contributed by atoms with E-state index < -0.39 is 13.1 Å². The first-order valence-corrected chi connectivity index (χ1v) is 21.3. The molecule has 234 valence electrons. The van der Waals surface area contributed by atoms with Gasteiger partial charge in [0, 0.05) is 0 Å². The Kier molecular flexibility index (Phi) is 5.46. The van der Waals surface area contributed by atoms with Crippen LogP contribution in [0, 0.1) is 69.0 Å². The van der Waals surface area contributed by atoms with Crippen LogP contribution < -0.4 is 0 Å². The molecule has 0 aliphatic heterocycles. The standard InChI is InChI=1S/4C10H17.Cr/c4*1-7-8(2)10(3)5-4-9(7)6-10;/h4*7-8H,4-6H2,1-3H3;. The number of rotatable bonds is 4. The van der Waals surface area contributed by atoms with Gasteiger partial charge in [-0.25, -0.2) is 0 Å². The molecule has 41 heavy (non-hydrogen) atoms. The van der Waals surface area contributed by atoms with E-state index in [4.69, 9.17) is 0 Å². The summed E-state index contributed by atoms with van der Waals surface area (Å²) in [5.41, 5.74) is 2.41. The molecule has 16 unspecified atom stereocenters. The van der Waals surface area contributed by atoms with Crippen LogP contribution in [-0.4, -0.2) is 0 Å². The second-order valence-electron chi connectivity index (χ2n) is 20.5.